The Kier molecular flexibility index (Phi) is 6.55. The van der Waals surface area contributed by atoms with Gasteiger partial charge in [0.1, 0.15) is 23.0 Å². The van der Waals surface area contributed by atoms with Gasteiger partial charge in [-0.1, -0.05) is 32.9 Å². The van der Waals surface area contributed by atoms with Gasteiger partial charge in [0.2, 0.25) is 0 Å². The van der Waals surface area contributed by atoms with Crippen LogP contribution >= 0.6 is 0 Å². The molecule has 2 aromatic carbocycles. The summed E-state index contributed by atoms with van der Waals surface area (Å²) in [6.45, 7) is 6.60. The second-order valence-corrected chi connectivity index (χ2v) is 10.3. The molecule has 3 aromatic rings. The molecule has 0 aliphatic heterocycles. The van der Waals surface area contributed by atoms with Crippen LogP contribution in [0.3, 0.4) is 0 Å². The van der Waals surface area contributed by atoms with Crippen molar-refractivity contribution in [2.24, 2.45) is 0 Å². The third-order valence-corrected chi connectivity index (χ3v) is 5.97. The molecule has 7 heteroatoms. The summed E-state index contributed by atoms with van der Waals surface area (Å²) in [5.41, 5.74) is 1.95. The van der Waals surface area contributed by atoms with Gasteiger partial charge in [-0.2, -0.15) is 0 Å². The number of ether oxygens (including phenoxy) is 1. The fourth-order valence-corrected chi connectivity index (χ4v) is 3.62. The fraction of sp³-hybridized carbons (Fsp3) is 0.292. The Morgan fingerprint density at radius 1 is 0.968 bits per heavy atom. The van der Waals surface area contributed by atoms with Gasteiger partial charge in [-0.15, -0.1) is 0 Å². The molecule has 1 N–H and O–H groups in total. The van der Waals surface area contributed by atoms with E-state index in [1.165, 1.54) is 17.7 Å². The molecule has 6 nitrogen and oxygen atoms in total. The highest BCUT2D eigenvalue weighted by molar-refractivity contribution is 7.89. The van der Waals surface area contributed by atoms with E-state index < -0.39 is 15.7 Å². The number of nitrogens with one attached hydrogen (secondary N) is 1. The zero-order valence-electron chi connectivity index (χ0n) is 18.1. The first-order valence-electron chi connectivity index (χ1n) is 10.0. The van der Waals surface area contributed by atoms with Crippen molar-refractivity contribution in [3.05, 3.63) is 77.7 Å². The van der Waals surface area contributed by atoms with Crippen molar-refractivity contribution >= 4 is 21.4 Å². The first-order chi connectivity index (χ1) is 14.6. The summed E-state index contributed by atoms with van der Waals surface area (Å²) in [5, 5.41) is 2.72. The second kappa shape index (κ2) is 8.98. The van der Waals surface area contributed by atoms with Crippen molar-refractivity contribution < 1.29 is 22.4 Å². The van der Waals surface area contributed by atoms with Gasteiger partial charge in [-0.25, -0.2) is 8.42 Å². The minimum Gasteiger partial charge on any atom is -0.457 e. The average molecular weight is 442 g/mol. The number of amides is 1. The molecule has 1 heterocycles. The zero-order chi connectivity index (χ0) is 22.6. The van der Waals surface area contributed by atoms with E-state index in [1.807, 2.05) is 12.1 Å². The molecule has 0 radical (unpaired) electrons. The number of sulfone groups is 1. The molecule has 0 saturated carbocycles. The first kappa shape index (κ1) is 22.6. The average Bonchev–Trinajstić information content (AvgIpc) is 3.17. The van der Waals surface area contributed by atoms with Crippen molar-refractivity contribution in [3.8, 4) is 11.5 Å². The van der Waals surface area contributed by atoms with E-state index in [2.05, 4.69) is 38.2 Å². The van der Waals surface area contributed by atoms with Crippen LogP contribution < -0.4 is 10.1 Å². The molecule has 0 aliphatic carbocycles. The van der Waals surface area contributed by atoms with Crippen LogP contribution in [0.5, 0.6) is 11.5 Å². The number of hydrogen-bond donors (Lipinski definition) is 1. The van der Waals surface area contributed by atoms with Gasteiger partial charge in [-0.05, 0) is 65.9 Å². The third-order valence-electron chi connectivity index (χ3n) is 5.16. The number of carbonyl (C=O) groups excluding carboxylic acids is 1. The molecule has 1 amide bonds. The van der Waals surface area contributed by atoms with Gasteiger partial charge < -0.3 is 14.5 Å². The largest absolute Gasteiger partial charge is 0.457 e. The lowest BCUT2D eigenvalue weighted by Crippen LogP contribution is -2.14. The predicted molar refractivity (Wildman–Crippen MR) is 121 cm³/mol. The number of benzene rings is 2. The normalized spacial score (nSPS) is 11.9. The summed E-state index contributed by atoms with van der Waals surface area (Å²) in [6, 6.07) is 18.0. The molecule has 0 fully saturated rings. The Morgan fingerprint density at radius 3 is 2.10 bits per heavy atom. The van der Waals surface area contributed by atoms with Crippen molar-refractivity contribution in [1.82, 2.24) is 0 Å². The Balaban J connectivity index is 1.61. The van der Waals surface area contributed by atoms with Crippen molar-refractivity contribution in [3.63, 3.8) is 0 Å². The minimum atomic E-state index is -3.23. The summed E-state index contributed by atoms with van der Waals surface area (Å²) in [7, 11) is -3.23. The van der Waals surface area contributed by atoms with Crippen LogP contribution in [-0.4, -0.2) is 20.6 Å². The zero-order valence-corrected chi connectivity index (χ0v) is 19.0. The molecule has 0 spiro atoms. The van der Waals surface area contributed by atoms with Gasteiger partial charge in [0, 0.05) is 11.9 Å². The summed E-state index contributed by atoms with van der Waals surface area (Å²) in [5.74, 6) is 0.959. The molecule has 0 aliphatic rings. The lowest BCUT2D eigenvalue weighted by atomic mass is 9.82. The standard InChI is InChI=1S/C24H27NO5S/c1-5-24(2,3)17-6-10-19(11-7-17)29-20-12-8-18(9-13-20)25-23(26)22-15-14-21(30-22)16-31(4,27)28/h6-15H,5,16H2,1-4H3,(H,25,26). The molecule has 1 aromatic heterocycles. The summed E-state index contributed by atoms with van der Waals surface area (Å²) >= 11 is 0. The van der Waals surface area contributed by atoms with Crippen molar-refractivity contribution in [1.29, 1.82) is 0 Å². The highest BCUT2D eigenvalue weighted by Gasteiger charge is 2.18. The molecule has 0 bridgehead atoms. The van der Waals surface area contributed by atoms with Crippen molar-refractivity contribution in [2.45, 2.75) is 38.4 Å². The molecule has 0 unspecified atom stereocenters. The van der Waals surface area contributed by atoms with Crippen molar-refractivity contribution in [2.75, 3.05) is 11.6 Å². The van der Waals surface area contributed by atoms with Gasteiger partial charge in [0.25, 0.3) is 5.91 Å². The fourth-order valence-electron chi connectivity index (χ4n) is 2.95. The minimum absolute atomic E-state index is 0.0501. The van der Waals surface area contributed by atoms with Gasteiger partial charge >= 0.3 is 0 Å². The SMILES string of the molecule is CCC(C)(C)c1ccc(Oc2ccc(NC(=O)c3ccc(CS(C)(=O)=O)o3)cc2)cc1. The van der Waals surface area contributed by atoms with Crippen LogP contribution in [-0.2, 0) is 21.0 Å². The number of furan rings is 1. The predicted octanol–water partition coefficient (Wildman–Crippen LogP) is 5.56. The lowest BCUT2D eigenvalue weighted by molar-refractivity contribution is 0.0995. The molecule has 0 atom stereocenters. The second-order valence-electron chi connectivity index (χ2n) is 8.18. The molecular formula is C24H27NO5S. The van der Waals surface area contributed by atoms with E-state index in [9.17, 15) is 13.2 Å². The molecular weight excluding hydrogens is 414 g/mol. The van der Waals surface area contributed by atoms with Gasteiger partial charge in [0.15, 0.2) is 15.6 Å². The maximum atomic E-state index is 12.3. The number of carbonyl (C=O) groups is 1. The highest BCUT2D eigenvalue weighted by Crippen LogP contribution is 2.30. The van der Waals surface area contributed by atoms with Crippen LogP contribution in [0.4, 0.5) is 5.69 Å². The highest BCUT2D eigenvalue weighted by atomic mass is 32.2. The van der Waals surface area contributed by atoms with Gasteiger partial charge in [0.05, 0.1) is 0 Å². The topological polar surface area (TPSA) is 85.6 Å². The van der Waals surface area contributed by atoms with Gasteiger partial charge in [-0.3, -0.25) is 4.79 Å². The maximum Gasteiger partial charge on any atom is 0.291 e. The Hall–Kier alpha value is -3.06. The summed E-state index contributed by atoms with van der Waals surface area (Å²) in [6.07, 6.45) is 2.16. The first-order valence-corrected chi connectivity index (χ1v) is 12.1. The van der Waals surface area contributed by atoms with E-state index in [0.29, 0.717) is 11.4 Å². The maximum absolute atomic E-state index is 12.3. The monoisotopic (exact) mass is 441 g/mol. The third kappa shape index (κ3) is 6.21. The van der Waals surface area contributed by atoms with E-state index >= 15 is 0 Å². The molecule has 3 rings (SSSR count). The molecule has 0 saturated heterocycles. The molecule has 164 valence electrons. The Morgan fingerprint density at radius 2 is 1.55 bits per heavy atom. The number of rotatable bonds is 8. The summed E-state index contributed by atoms with van der Waals surface area (Å²) < 4.78 is 33.9. The lowest BCUT2D eigenvalue weighted by Gasteiger charge is -2.23. The quantitative estimate of drug-likeness (QED) is 0.495. The molecule has 31 heavy (non-hydrogen) atoms. The van der Waals surface area contributed by atoms with E-state index in [4.69, 9.17) is 9.15 Å². The van der Waals surface area contributed by atoms with E-state index in [1.54, 1.807) is 24.3 Å². The van der Waals surface area contributed by atoms with Crippen LogP contribution in [0.25, 0.3) is 0 Å². The number of hydrogen-bond acceptors (Lipinski definition) is 5. The smallest absolute Gasteiger partial charge is 0.291 e. The van der Waals surface area contributed by atoms with E-state index in [-0.39, 0.29) is 22.7 Å². The van der Waals surface area contributed by atoms with Crippen LogP contribution in [0.15, 0.2) is 65.1 Å². The Labute approximate surface area is 183 Å². The van der Waals surface area contributed by atoms with Crippen LogP contribution in [0.1, 0.15) is 49.1 Å². The van der Waals surface area contributed by atoms with E-state index in [0.717, 1.165) is 18.4 Å². The Bertz CT molecular complexity index is 1140. The van der Waals surface area contributed by atoms with Crippen LogP contribution in [0, 0.1) is 0 Å². The number of anilines is 1. The van der Waals surface area contributed by atoms with Crippen LogP contribution in [0.2, 0.25) is 0 Å². The summed E-state index contributed by atoms with van der Waals surface area (Å²) in [4.78, 5) is 12.3.